The fourth-order valence-corrected chi connectivity index (χ4v) is 3.46. The zero-order chi connectivity index (χ0) is 17.5. The van der Waals surface area contributed by atoms with Gasteiger partial charge < -0.3 is 14.5 Å². The van der Waals surface area contributed by atoms with Crippen LogP contribution in [0.4, 0.5) is 10.5 Å². The summed E-state index contributed by atoms with van der Waals surface area (Å²) in [5.74, 6) is 0.891. The molecule has 2 aliphatic rings. The van der Waals surface area contributed by atoms with Gasteiger partial charge in [-0.1, -0.05) is 25.4 Å². The third kappa shape index (κ3) is 4.93. The van der Waals surface area contributed by atoms with Crippen LogP contribution in [-0.2, 0) is 0 Å². The van der Waals surface area contributed by atoms with Gasteiger partial charge >= 0.3 is 5.37 Å². The van der Waals surface area contributed by atoms with Crippen LogP contribution in [0, 0.1) is 0 Å². The Kier molecular flexibility index (Phi) is 7.50. The second-order valence-corrected chi connectivity index (χ2v) is 6.62. The van der Waals surface area contributed by atoms with E-state index in [1.807, 2.05) is 32.0 Å². The van der Waals surface area contributed by atoms with E-state index in [4.69, 9.17) is 27.9 Å². The molecule has 0 aromatic heterocycles. The van der Waals surface area contributed by atoms with Crippen LogP contribution in [0.2, 0.25) is 5.02 Å². The van der Waals surface area contributed by atoms with E-state index in [-0.39, 0.29) is 11.5 Å². The van der Waals surface area contributed by atoms with Crippen molar-refractivity contribution in [1.82, 2.24) is 4.90 Å². The number of ether oxygens (including phenoxy) is 1. The Morgan fingerprint density at radius 3 is 2.33 bits per heavy atom. The molecule has 2 heterocycles. The Hall–Kier alpha value is -1.13. The number of likely N-dealkylation sites (tertiary alicyclic amines) is 1. The Morgan fingerprint density at radius 2 is 1.75 bits per heavy atom. The van der Waals surface area contributed by atoms with Crippen molar-refractivity contribution in [2.75, 3.05) is 31.1 Å². The normalized spacial score (nSPS) is 18.2. The van der Waals surface area contributed by atoms with Crippen LogP contribution in [0.5, 0.6) is 5.75 Å². The van der Waals surface area contributed by atoms with Crippen LogP contribution >= 0.6 is 23.2 Å². The molecule has 0 radical (unpaired) electrons. The third-order valence-corrected chi connectivity index (χ3v) is 4.83. The number of rotatable bonds is 3. The van der Waals surface area contributed by atoms with Crippen molar-refractivity contribution in [2.24, 2.45) is 0 Å². The van der Waals surface area contributed by atoms with Gasteiger partial charge in [0.25, 0.3) is 0 Å². The third-order valence-electron chi connectivity index (χ3n) is 4.35. The first-order valence-electron chi connectivity index (χ1n) is 8.79. The minimum atomic E-state index is -0.373. The molecule has 2 fully saturated rings. The number of nitrogens with zero attached hydrogens (tertiary/aromatic N) is 2. The van der Waals surface area contributed by atoms with Crippen LogP contribution in [0.1, 0.15) is 39.5 Å². The molecule has 3 rings (SSSR count). The van der Waals surface area contributed by atoms with Crippen molar-refractivity contribution >= 4 is 34.3 Å². The highest BCUT2D eigenvalue weighted by atomic mass is 35.5. The van der Waals surface area contributed by atoms with Crippen LogP contribution in [0.25, 0.3) is 0 Å². The van der Waals surface area contributed by atoms with E-state index in [1.165, 1.54) is 12.8 Å². The summed E-state index contributed by atoms with van der Waals surface area (Å²) in [4.78, 5) is 15.1. The van der Waals surface area contributed by atoms with E-state index in [0.29, 0.717) is 13.1 Å². The quantitative estimate of drug-likeness (QED) is 0.541. The second-order valence-electron chi connectivity index (χ2n) is 5.86. The van der Waals surface area contributed by atoms with Gasteiger partial charge in [0.1, 0.15) is 11.9 Å². The number of halogens is 2. The van der Waals surface area contributed by atoms with Gasteiger partial charge in [-0.15, -0.1) is 0 Å². The maximum absolute atomic E-state index is 11.2. The minimum absolute atomic E-state index is 0.120. The van der Waals surface area contributed by atoms with Crippen molar-refractivity contribution < 1.29 is 9.53 Å². The van der Waals surface area contributed by atoms with Crippen LogP contribution < -0.4 is 9.64 Å². The van der Waals surface area contributed by atoms with Crippen molar-refractivity contribution in [3.63, 3.8) is 0 Å². The molecule has 2 aliphatic heterocycles. The molecular weight excluding hydrogens is 347 g/mol. The SMILES string of the molecule is CC.O=C(Cl)N1CCC(Oc2ccc(Cl)cc2N2CCCC2)CC1. The Morgan fingerprint density at radius 1 is 1.12 bits per heavy atom. The summed E-state index contributed by atoms with van der Waals surface area (Å²) >= 11 is 11.7. The predicted molar refractivity (Wildman–Crippen MR) is 101 cm³/mol. The molecule has 0 unspecified atom stereocenters. The van der Waals surface area contributed by atoms with Crippen LogP contribution in [0.15, 0.2) is 18.2 Å². The summed E-state index contributed by atoms with van der Waals surface area (Å²) in [7, 11) is 0. The van der Waals surface area contributed by atoms with Gasteiger partial charge in [0.15, 0.2) is 0 Å². The molecule has 0 spiro atoms. The average molecular weight is 373 g/mol. The summed E-state index contributed by atoms with van der Waals surface area (Å²) in [6.45, 7) is 7.41. The fraction of sp³-hybridized carbons (Fsp3) is 0.611. The lowest BCUT2D eigenvalue weighted by Gasteiger charge is -2.32. The smallest absolute Gasteiger partial charge is 0.316 e. The predicted octanol–water partition coefficient (Wildman–Crippen LogP) is 5.17. The number of hydrogen-bond acceptors (Lipinski definition) is 3. The first-order chi connectivity index (χ1) is 11.6. The van der Waals surface area contributed by atoms with Gasteiger partial charge in [-0.2, -0.15) is 0 Å². The molecule has 0 saturated carbocycles. The molecule has 0 aliphatic carbocycles. The van der Waals surface area contributed by atoms with Crippen LogP contribution in [-0.4, -0.2) is 42.5 Å². The summed E-state index contributed by atoms with van der Waals surface area (Å²) in [6.07, 6.45) is 4.15. The molecule has 2 saturated heterocycles. The highest BCUT2D eigenvalue weighted by Gasteiger charge is 2.25. The maximum Gasteiger partial charge on any atom is 0.316 e. The Bertz CT molecular complexity index is 540. The topological polar surface area (TPSA) is 32.8 Å². The highest BCUT2D eigenvalue weighted by Crippen LogP contribution is 2.35. The van der Waals surface area contributed by atoms with E-state index in [9.17, 15) is 4.79 Å². The van der Waals surface area contributed by atoms with Crippen molar-refractivity contribution in [2.45, 2.75) is 45.6 Å². The maximum atomic E-state index is 11.2. The molecule has 6 heteroatoms. The van der Waals surface area contributed by atoms with Gasteiger partial charge in [0.05, 0.1) is 5.69 Å². The van der Waals surface area contributed by atoms with Gasteiger partial charge in [0, 0.05) is 44.0 Å². The van der Waals surface area contributed by atoms with E-state index >= 15 is 0 Å². The molecule has 0 atom stereocenters. The lowest BCUT2D eigenvalue weighted by molar-refractivity contribution is 0.119. The van der Waals surface area contributed by atoms with Crippen molar-refractivity contribution in [3.05, 3.63) is 23.2 Å². The van der Waals surface area contributed by atoms with Gasteiger partial charge in [-0.05, 0) is 42.6 Å². The lowest BCUT2D eigenvalue weighted by Crippen LogP contribution is -2.39. The zero-order valence-corrected chi connectivity index (χ0v) is 15.9. The van der Waals surface area contributed by atoms with Gasteiger partial charge in [-0.3, -0.25) is 4.79 Å². The van der Waals surface area contributed by atoms with Crippen LogP contribution in [0.3, 0.4) is 0 Å². The summed E-state index contributed by atoms with van der Waals surface area (Å²) in [5.41, 5.74) is 1.08. The first kappa shape index (κ1) is 19.2. The highest BCUT2D eigenvalue weighted by molar-refractivity contribution is 6.62. The lowest BCUT2D eigenvalue weighted by atomic mass is 10.1. The van der Waals surface area contributed by atoms with E-state index in [2.05, 4.69) is 4.90 Å². The molecular formula is C18H26Cl2N2O2. The number of benzene rings is 1. The molecule has 134 valence electrons. The van der Waals surface area contributed by atoms with Crippen molar-refractivity contribution in [1.29, 1.82) is 0 Å². The molecule has 0 bridgehead atoms. The Balaban J connectivity index is 0.00000100. The van der Waals surface area contributed by atoms with Crippen molar-refractivity contribution in [3.8, 4) is 5.75 Å². The molecule has 1 aromatic rings. The minimum Gasteiger partial charge on any atom is -0.488 e. The average Bonchev–Trinajstić information content (AvgIpc) is 3.13. The molecule has 4 nitrogen and oxygen atoms in total. The largest absolute Gasteiger partial charge is 0.488 e. The van der Waals surface area contributed by atoms with Gasteiger partial charge in [0.2, 0.25) is 0 Å². The molecule has 24 heavy (non-hydrogen) atoms. The number of anilines is 1. The van der Waals surface area contributed by atoms with Gasteiger partial charge in [-0.25, -0.2) is 0 Å². The molecule has 1 amide bonds. The number of carbonyl (C=O) groups is 1. The standard InChI is InChI=1S/C16H20Cl2N2O2.C2H6/c17-12-3-4-15(14(11-12)19-7-1-2-8-19)22-13-5-9-20(10-6-13)16(18)21;1-2/h3-4,11,13H,1-2,5-10H2;1-2H3. The summed E-state index contributed by atoms with van der Waals surface area (Å²) in [5, 5.41) is 0.361. The number of carbonyl (C=O) groups excluding carboxylic acids is 1. The monoisotopic (exact) mass is 372 g/mol. The number of piperidine rings is 1. The number of hydrogen-bond donors (Lipinski definition) is 0. The summed E-state index contributed by atoms with van der Waals surface area (Å²) < 4.78 is 6.20. The van der Waals surface area contributed by atoms with E-state index < -0.39 is 0 Å². The summed E-state index contributed by atoms with van der Waals surface area (Å²) in [6, 6.07) is 5.81. The second kappa shape index (κ2) is 9.38. The fourth-order valence-electron chi connectivity index (χ4n) is 3.12. The zero-order valence-electron chi connectivity index (χ0n) is 14.4. The molecule has 1 aromatic carbocycles. The number of amides is 1. The van der Waals surface area contributed by atoms with E-state index in [0.717, 1.165) is 42.4 Å². The molecule has 0 N–H and O–H groups in total. The van der Waals surface area contributed by atoms with E-state index in [1.54, 1.807) is 4.90 Å². The Labute approximate surface area is 154 Å². The first-order valence-corrected chi connectivity index (χ1v) is 9.54.